The molecule has 0 unspecified atom stereocenters. The van der Waals surface area contributed by atoms with E-state index in [1.165, 1.54) is 7.11 Å². The van der Waals surface area contributed by atoms with Crippen LogP contribution in [0.2, 0.25) is 0 Å². The zero-order valence-electron chi connectivity index (χ0n) is 14.4. The lowest BCUT2D eigenvalue weighted by Crippen LogP contribution is -2.26. The van der Waals surface area contributed by atoms with E-state index in [1.807, 2.05) is 12.1 Å². The molecule has 0 aliphatic heterocycles. The molecule has 0 heterocycles. The SMILES string of the molecule is C=CCOc1ccc(C(=O)N(C)Cc2ccc(C#N)cc2)cc1OC. The summed E-state index contributed by atoms with van der Waals surface area (Å²) < 4.78 is 10.8. The summed E-state index contributed by atoms with van der Waals surface area (Å²) in [5, 5.41) is 8.83. The molecule has 2 aromatic carbocycles. The Morgan fingerprint density at radius 1 is 1.24 bits per heavy atom. The molecule has 0 aromatic heterocycles. The van der Waals surface area contributed by atoms with Gasteiger partial charge < -0.3 is 14.4 Å². The molecule has 0 saturated heterocycles. The summed E-state index contributed by atoms with van der Waals surface area (Å²) in [5.41, 5.74) is 2.06. The van der Waals surface area contributed by atoms with E-state index >= 15 is 0 Å². The minimum absolute atomic E-state index is 0.127. The van der Waals surface area contributed by atoms with Crippen molar-refractivity contribution in [3.63, 3.8) is 0 Å². The summed E-state index contributed by atoms with van der Waals surface area (Å²) in [6.07, 6.45) is 1.64. The summed E-state index contributed by atoms with van der Waals surface area (Å²) in [7, 11) is 3.26. The van der Waals surface area contributed by atoms with Gasteiger partial charge in [-0.15, -0.1) is 0 Å². The van der Waals surface area contributed by atoms with E-state index in [-0.39, 0.29) is 5.91 Å². The van der Waals surface area contributed by atoms with Crippen molar-refractivity contribution in [1.82, 2.24) is 4.90 Å². The summed E-state index contributed by atoms with van der Waals surface area (Å²) in [6, 6.07) is 14.3. The number of hydrogen-bond acceptors (Lipinski definition) is 4. The molecule has 2 aromatic rings. The second-order valence-corrected chi connectivity index (χ2v) is 5.44. The fourth-order valence-corrected chi connectivity index (χ4v) is 2.32. The van der Waals surface area contributed by atoms with Gasteiger partial charge in [-0.2, -0.15) is 5.26 Å². The van der Waals surface area contributed by atoms with Gasteiger partial charge in [0.05, 0.1) is 18.7 Å². The first kappa shape index (κ1) is 18.1. The molecule has 0 aliphatic rings. The largest absolute Gasteiger partial charge is 0.493 e. The molecule has 0 N–H and O–H groups in total. The lowest BCUT2D eigenvalue weighted by atomic mass is 10.1. The third-order valence-corrected chi connectivity index (χ3v) is 3.62. The second kappa shape index (κ2) is 8.55. The van der Waals surface area contributed by atoms with Gasteiger partial charge in [0.15, 0.2) is 11.5 Å². The number of methoxy groups -OCH3 is 1. The van der Waals surface area contributed by atoms with Crippen molar-refractivity contribution in [1.29, 1.82) is 5.26 Å². The van der Waals surface area contributed by atoms with E-state index in [4.69, 9.17) is 14.7 Å². The number of ether oxygens (including phenoxy) is 2. The Morgan fingerprint density at radius 3 is 2.56 bits per heavy atom. The number of amides is 1. The zero-order valence-corrected chi connectivity index (χ0v) is 14.4. The Balaban J connectivity index is 2.12. The standard InChI is InChI=1S/C20H20N2O3/c1-4-11-25-18-10-9-17(12-19(18)24-3)20(23)22(2)14-16-7-5-15(13-21)6-8-16/h4-10,12H,1,11,14H2,2-3H3. The fraction of sp³-hybridized carbons (Fsp3) is 0.200. The predicted molar refractivity (Wildman–Crippen MR) is 95.6 cm³/mol. The lowest BCUT2D eigenvalue weighted by molar-refractivity contribution is 0.0784. The van der Waals surface area contributed by atoms with Crippen LogP contribution in [-0.2, 0) is 6.54 Å². The molecule has 5 nitrogen and oxygen atoms in total. The highest BCUT2D eigenvalue weighted by atomic mass is 16.5. The van der Waals surface area contributed by atoms with Gasteiger partial charge in [0.2, 0.25) is 0 Å². The molecule has 0 fully saturated rings. The van der Waals surface area contributed by atoms with Gasteiger partial charge in [0, 0.05) is 19.2 Å². The number of carbonyl (C=O) groups excluding carboxylic acids is 1. The maximum Gasteiger partial charge on any atom is 0.254 e. The fourth-order valence-electron chi connectivity index (χ4n) is 2.32. The molecular formula is C20H20N2O3. The number of benzene rings is 2. The smallest absolute Gasteiger partial charge is 0.254 e. The van der Waals surface area contributed by atoms with Crippen LogP contribution in [0, 0.1) is 11.3 Å². The Labute approximate surface area is 147 Å². The van der Waals surface area contributed by atoms with E-state index in [2.05, 4.69) is 12.6 Å². The van der Waals surface area contributed by atoms with Crippen LogP contribution in [0.5, 0.6) is 11.5 Å². The molecule has 128 valence electrons. The van der Waals surface area contributed by atoms with Gasteiger partial charge in [-0.05, 0) is 35.9 Å². The molecular weight excluding hydrogens is 316 g/mol. The van der Waals surface area contributed by atoms with Gasteiger partial charge >= 0.3 is 0 Å². The molecule has 0 atom stereocenters. The van der Waals surface area contributed by atoms with Crippen LogP contribution in [0.1, 0.15) is 21.5 Å². The van der Waals surface area contributed by atoms with Gasteiger partial charge in [0.25, 0.3) is 5.91 Å². The van der Waals surface area contributed by atoms with Gasteiger partial charge in [-0.25, -0.2) is 0 Å². The molecule has 1 amide bonds. The highest BCUT2D eigenvalue weighted by Crippen LogP contribution is 2.28. The Kier molecular flexibility index (Phi) is 6.19. The zero-order chi connectivity index (χ0) is 18.2. The second-order valence-electron chi connectivity index (χ2n) is 5.44. The van der Waals surface area contributed by atoms with E-state index in [0.29, 0.717) is 35.8 Å². The highest BCUT2D eigenvalue weighted by molar-refractivity contribution is 5.94. The van der Waals surface area contributed by atoms with E-state index < -0.39 is 0 Å². The molecule has 0 bridgehead atoms. The van der Waals surface area contributed by atoms with Crippen molar-refractivity contribution in [2.75, 3.05) is 20.8 Å². The topological polar surface area (TPSA) is 62.6 Å². The molecule has 0 saturated carbocycles. The predicted octanol–water partition coefficient (Wildman–Crippen LogP) is 3.40. The number of nitriles is 1. The van der Waals surface area contributed by atoms with E-state index in [0.717, 1.165) is 5.56 Å². The molecule has 0 spiro atoms. The molecule has 5 heteroatoms. The van der Waals surface area contributed by atoms with Crippen molar-refractivity contribution in [3.8, 4) is 17.6 Å². The number of nitrogens with zero attached hydrogens (tertiary/aromatic N) is 2. The van der Waals surface area contributed by atoms with Crippen molar-refractivity contribution < 1.29 is 14.3 Å². The number of carbonyl (C=O) groups is 1. The van der Waals surface area contributed by atoms with Crippen LogP contribution in [0.4, 0.5) is 0 Å². The van der Waals surface area contributed by atoms with Crippen LogP contribution >= 0.6 is 0 Å². The Morgan fingerprint density at radius 2 is 1.96 bits per heavy atom. The third kappa shape index (κ3) is 4.61. The van der Waals surface area contributed by atoms with Crippen LogP contribution < -0.4 is 9.47 Å². The first-order chi connectivity index (χ1) is 12.1. The summed E-state index contributed by atoms with van der Waals surface area (Å²) in [4.78, 5) is 14.2. The lowest BCUT2D eigenvalue weighted by Gasteiger charge is -2.18. The molecule has 0 aliphatic carbocycles. The molecule has 25 heavy (non-hydrogen) atoms. The van der Waals surface area contributed by atoms with Crippen LogP contribution in [0.3, 0.4) is 0 Å². The maximum atomic E-state index is 12.6. The van der Waals surface area contributed by atoms with Crippen LogP contribution in [0.15, 0.2) is 55.1 Å². The summed E-state index contributed by atoms with van der Waals surface area (Å²) in [5.74, 6) is 0.936. The van der Waals surface area contributed by atoms with Gasteiger partial charge in [0.1, 0.15) is 6.61 Å². The Bertz CT molecular complexity index is 792. The number of hydrogen-bond donors (Lipinski definition) is 0. The highest BCUT2D eigenvalue weighted by Gasteiger charge is 2.15. The summed E-state index contributed by atoms with van der Waals surface area (Å²) in [6.45, 7) is 4.42. The van der Waals surface area contributed by atoms with Crippen molar-refractivity contribution in [3.05, 3.63) is 71.8 Å². The third-order valence-electron chi connectivity index (χ3n) is 3.62. The average Bonchev–Trinajstić information content (AvgIpc) is 2.66. The van der Waals surface area contributed by atoms with Gasteiger partial charge in [-0.1, -0.05) is 24.8 Å². The quantitative estimate of drug-likeness (QED) is 0.727. The van der Waals surface area contributed by atoms with Crippen molar-refractivity contribution in [2.24, 2.45) is 0 Å². The van der Waals surface area contributed by atoms with Crippen molar-refractivity contribution in [2.45, 2.75) is 6.54 Å². The van der Waals surface area contributed by atoms with Gasteiger partial charge in [-0.3, -0.25) is 4.79 Å². The first-order valence-electron chi connectivity index (χ1n) is 7.75. The molecule has 0 radical (unpaired) electrons. The molecule has 2 rings (SSSR count). The van der Waals surface area contributed by atoms with E-state index in [1.54, 1.807) is 48.4 Å². The minimum Gasteiger partial charge on any atom is -0.493 e. The van der Waals surface area contributed by atoms with Crippen LogP contribution in [0.25, 0.3) is 0 Å². The normalized spacial score (nSPS) is 9.80. The minimum atomic E-state index is -0.127. The monoisotopic (exact) mass is 336 g/mol. The Hall–Kier alpha value is -3.26. The van der Waals surface area contributed by atoms with Crippen molar-refractivity contribution >= 4 is 5.91 Å². The number of rotatable bonds is 7. The summed E-state index contributed by atoms with van der Waals surface area (Å²) >= 11 is 0. The first-order valence-corrected chi connectivity index (χ1v) is 7.75. The maximum absolute atomic E-state index is 12.6. The van der Waals surface area contributed by atoms with E-state index in [9.17, 15) is 4.79 Å². The van der Waals surface area contributed by atoms with Crippen LogP contribution in [-0.4, -0.2) is 31.6 Å². The average molecular weight is 336 g/mol.